The van der Waals surface area contributed by atoms with Gasteiger partial charge < -0.3 is 0 Å². The van der Waals surface area contributed by atoms with Crippen molar-refractivity contribution in [3.05, 3.63) is 4.91 Å². The van der Waals surface area contributed by atoms with E-state index in [2.05, 4.69) is 3.92 Å². The van der Waals surface area contributed by atoms with Crippen molar-refractivity contribution in [2.24, 2.45) is 5.34 Å². The van der Waals surface area contributed by atoms with Gasteiger partial charge in [-0.1, -0.05) is 0 Å². The molecule has 0 fully saturated rings. The van der Waals surface area contributed by atoms with Crippen molar-refractivity contribution < 1.29 is 15.8 Å². The Morgan fingerprint density at radius 3 is 2.00 bits per heavy atom. The molecule has 0 aromatic carbocycles. The van der Waals surface area contributed by atoms with Gasteiger partial charge in [0.25, 0.3) is 0 Å². The summed E-state index contributed by atoms with van der Waals surface area (Å²) < 4.78 is 29.1. The van der Waals surface area contributed by atoms with Crippen molar-refractivity contribution in [1.82, 2.24) is 0 Å². The Balaban J connectivity index is 3.84. The molecular formula is HNO5Se. The Hall–Kier alpha value is -0.521. The molecule has 6 nitrogen and oxygen atoms in total. The second-order valence-corrected chi connectivity index (χ2v) is 2.68. The molecule has 0 radical (unpaired) electrons. The summed E-state index contributed by atoms with van der Waals surface area (Å²) in [5.41, 5.74) is 0. The van der Waals surface area contributed by atoms with E-state index < -0.39 is 13.4 Å². The van der Waals surface area contributed by atoms with E-state index in [0.717, 1.165) is 0 Å². The Bertz CT molecular complexity index is 141. The van der Waals surface area contributed by atoms with Crippen molar-refractivity contribution in [2.45, 2.75) is 0 Å². The molecule has 0 aromatic heterocycles. The van der Waals surface area contributed by atoms with Crippen LogP contribution >= 0.6 is 0 Å². The summed E-state index contributed by atoms with van der Waals surface area (Å²) in [6.45, 7) is 0. The summed E-state index contributed by atoms with van der Waals surface area (Å²) >= 11 is -5.29. The zero-order chi connectivity index (χ0) is 5.91. The van der Waals surface area contributed by atoms with Crippen LogP contribution in [0.1, 0.15) is 0 Å². The summed E-state index contributed by atoms with van der Waals surface area (Å²) in [5, 5.41) is 1.45. The number of hydrogen-bond donors (Lipinski definition) is 1. The number of rotatable bonds is 2. The minimum atomic E-state index is -5.29. The Morgan fingerprint density at radius 2 is 2.00 bits per heavy atom. The van der Waals surface area contributed by atoms with Crippen molar-refractivity contribution in [3.8, 4) is 0 Å². The van der Waals surface area contributed by atoms with Gasteiger partial charge in [-0.15, -0.1) is 0 Å². The van der Waals surface area contributed by atoms with Crippen LogP contribution in [0.2, 0.25) is 0 Å². The van der Waals surface area contributed by atoms with Gasteiger partial charge in [-0.2, -0.15) is 0 Å². The first-order valence-electron chi connectivity index (χ1n) is 1.05. The van der Waals surface area contributed by atoms with Crippen molar-refractivity contribution in [1.29, 1.82) is 0 Å². The molecule has 0 atom stereocenters. The summed E-state index contributed by atoms with van der Waals surface area (Å²) in [6.07, 6.45) is 0. The molecule has 0 spiro atoms. The van der Waals surface area contributed by atoms with Crippen LogP contribution in [-0.2, 0) is 11.6 Å². The van der Waals surface area contributed by atoms with Gasteiger partial charge in [-0.05, 0) is 0 Å². The van der Waals surface area contributed by atoms with E-state index in [1.807, 2.05) is 0 Å². The molecule has 0 aliphatic rings. The van der Waals surface area contributed by atoms with Crippen LogP contribution < -0.4 is 0 Å². The van der Waals surface area contributed by atoms with Crippen molar-refractivity contribution in [3.63, 3.8) is 0 Å². The zero-order valence-electron chi connectivity index (χ0n) is 2.94. The Morgan fingerprint density at radius 1 is 1.57 bits per heavy atom. The van der Waals surface area contributed by atoms with Gasteiger partial charge in [0, 0.05) is 0 Å². The molecule has 0 aliphatic carbocycles. The third kappa shape index (κ3) is 5.48. The standard InChI is InChI=1S/HNO5Se/c2-1-6-7(3,4)5/h(H,3,4,5). The molecule has 0 aliphatic heterocycles. The zero-order valence-corrected chi connectivity index (χ0v) is 4.65. The summed E-state index contributed by atoms with van der Waals surface area (Å²) in [7, 11) is 0. The van der Waals surface area contributed by atoms with Gasteiger partial charge in [0.1, 0.15) is 0 Å². The third-order valence-corrected chi connectivity index (χ3v) is 0.648. The fraction of sp³-hybridized carbons (Fsp3) is 0. The predicted molar refractivity (Wildman–Crippen MR) is 16.2 cm³/mol. The number of nitrogens with zero attached hydrogens (tertiary/aromatic N) is 1. The van der Waals surface area contributed by atoms with E-state index in [1.54, 1.807) is 0 Å². The van der Waals surface area contributed by atoms with Gasteiger partial charge >= 0.3 is 39.4 Å². The molecule has 0 aromatic rings. The predicted octanol–water partition coefficient (Wildman–Crippen LogP) is -1.03. The van der Waals surface area contributed by atoms with Crippen LogP contribution in [0.4, 0.5) is 0 Å². The average molecular weight is 174 g/mol. The van der Waals surface area contributed by atoms with Gasteiger partial charge in [-0.3, -0.25) is 0 Å². The molecule has 0 unspecified atom stereocenters. The molecule has 0 amide bonds. The van der Waals surface area contributed by atoms with Gasteiger partial charge in [0.05, 0.1) is 0 Å². The molecule has 0 saturated heterocycles. The first kappa shape index (κ1) is 6.48. The second-order valence-electron chi connectivity index (χ2n) is 0.577. The van der Waals surface area contributed by atoms with Crippen LogP contribution in [0.25, 0.3) is 0 Å². The molecule has 7 heavy (non-hydrogen) atoms. The van der Waals surface area contributed by atoms with Crippen molar-refractivity contribution >= 4 is 13.4 Å². The van der Waals surface area contributed by atoms with E-state index in [-0.39, 0.29) is 0 Å². The van der Waals surface area contributed by atoms with Crippen LogP contribution in [-0.4, -0.2) is 17.6 Å². The summed E-state index contributed by atoms with van der Waals surface area (Å²) in [5.74, 6) is 0. The molecular weight excluding hydrogens is 173 g/mol. The van der Waals surface area contributed by atoms with Gasteiger partial charge in [0.15, 0.2) is 0 Å². The number of hydrogen-bond acceptors (Lipinski definition) is 5. The van der Waals surface area contributed by atoms with Gasteiger partial charge in [-0.25, -0.2) is 0 Å². The van der Waals surface area contributed by atoms with E-state index >= 15 is 0 Å². The average Bonchev–Trinajstić information content (AvgIpc) is 1.30. The first-order valence-corrected chi connectivity index (χ1v) is 3.91. The Kier molecular flexibility index (Phi) is 1.82. The third-order valence-electron chi connectivity index (χ3n) is 0.125. The maximum atomic E-state index is 9.34. The van der Waals surface area contributed by atoms with Crippen LogP contribution in [0.3, 0.4) is 0 Å². The van der Waals surface area contributed by atoms with E-state index in [4.69, 9.17) is 9.10 Å². The van der Waals surface area contributed by atoms with E-state index in [9.17, 15) is 7.67 Å². The molecule has 0 heterocycles. The first-order chi connectivity index (χ1) is 3.06. The second kappa shape index (κ2) is 1.97. The summed E-state index contributed by atoms with van der Waals surface area (Å²) in [6, 6.07) is 0. The monoisotopic (exact) mass is 175 g/mol. The van der Waals surface area contributed by atoms with Crippen LogP contribution in [0.15, 0.2) is 5.34 Å². The maximum absolute atomic E-state index is 9.34. The van der Waals surface area contributed by atoms with Crippen molar-refractivity contribution in [2.75, 3.05) is 0 Å². The van der Waals surface area contributed by atoms with E-state index in [1.165, 1.54) is 5.34 Å². The minimum absolute atomic E-state index is 1.45. The van der Waals surface area contributed by atoms with E-state index in [0.29, 0.717) is 0 Å². The molecule has 1 N–H and O–H groups in total. The van der Waals surface area contributed by atoms with Gasteiger partial charge in [0.2, 0.25) is 0 Å². The van der Waals surface area contributed by atoms with Crippen LogP contribution in [0.5, 0.6) is 0 Å². The molecule has 42 valence electrons. The summed E-state index contributed by atoms with van der Waals surface area (Å²) in [4.78, 5) is 8.83. The topological polar surface area (TPSA) is 93.0 Å². The molecule has 0 bridgehead atoms. The normalized spacial score (nSPS) is 10.4. The molecule has 7 heteroatoms. The fourth-order valence-corrected chi connectivity index (χ4v) is 0.200. The molecule has 0 rings (SSSR count). The quantitative estimate of drug-likeness (QED) is 0.328. The Labute approximate surface area is 40.3 Å². The molecule has 0 saturated carbocycles. The SMILES string of the molecule is O=NO[Se](=O)(=O)O. The fourth-order valence-electron chi connectivity index (χ4n) is 0.0385. The van der Waals surface area contributed by atoms with Crippen LogP contribution in [0, 0.1) is 4.91 Å².